The molecule has 1 aliphatic rings. The van der Waals surface area contributed by atoms with Gasteiger partial charge in [-0.1, -0.05) is 18.6 Å². The Morgan fingerprint density at radius 1 is 1.03 bits per heavy atom. The lowest BCUT2D eigenvalue weighted by atomic mass is 10.0. The molecular formula is C23H29FN2O3. The standard InChI is InChI=1S/C23H29FN2O3/c1-17(29-21-12-8-19(24)9-13-21)23(27)25-16-22(26-14-4-3-5-15-26)18-6-10-20(28-2)11-7-18/h6-13,17,22H,3-5,14-16H2,1-2H3,(H,25,27)/t17-,22-/m0/s1. The minimum atomic E-state index is -0.668. The molecule has 156 valence electrons. The van der Waals surface area contributed by atoms with Gasteiger partial charge in [0.15, 0.2) is 6.10 Å². The molecule has 1 saturated heterocycles. The first-order chi connectivity index (χ1) is 14.1. The van der Waals surface area contributed by atoms with E-state index in [0.717, 1.165) is 24.4 Å². The molecule has 29 heavy (non-hydrogen) atoms. The lowest BCUT2D eigenvalue weighted by Gasteiger charge is -2.35. The first-order valence-corrected chi connectivity index (χ1v) is 10.1. The van der Waals surface area contributed by atoms with E-state index in [0.29, 0.717) is 12.3 Å². The number of piperidine rings is 1. The minimum Gasteiger partial charge on any atom is -0.497 e. The van der Waals surface area contributed by atoms with Crippen molar-refractivity contribution in [1.82, 2.24) is 10.2 Å². The molecule has 1 N–H and O–H groups in total. The zero-order chi connectivity index (χ0) is 20.6. The highest BCUT2D eigenvalue weighted by molar-refractivity contribution is 5.80. The van der Waals surface area contributed by atoms with Crippen LogP contribution in [0, 0.1) is 5.82 Å². The third-order valence-corrected chi connectivity index (χ3v) is 5.30. The van der Waals surface area contributed by atoms with Crippen LogP contribution >= 0.6 is 0 Å². The van der Waals surface area contributed by atoms with Crippen molar-refractivity contribution in [2.45, 2.75) is 38.3 Å². The van der Waals surface area contributed by atoms with Gasteiger partial charge in [-0.2, -0.15) is 0 Å². The van der Waals surface area contributed by atoms with Crippen LogP contribution in [-0.4, -0.2) is 43.7 Å². The Kier molecular flexibility index (Phi) is 7.47. The van der Waals surface area contributed by atoms with E-state index in [1.165, 1.54) is 43.5 Å². The van der Waals surface area contributed by atoms with Gasteiger partial charge in [-0.3, -0.25) is 9.69 Å². The molecule has 2 aromatic rings. The van der Waals surface area contributed by atoms with Gasteiger partial charge in [0.2, 0.25) is 0 Å². The summed E-state index contributed by atoms with van der Waals surface area (Å²) in [5.74, 6) is 0.761. The molecule has 0 aliphatic carbocycles. The van der Waals surface area contributed by atoms with Gasteiger partial charge in [-0.25, -0.2) is 4.39 Å². The number of ether oxygens (including phenoxy) is 2. The Morgan fingerprint density at radius 2 is 1.66 bits per heavy atom. The Bertz CT molecular complexity index is 774. The van der Waals surface area contributed by atoms with Crippen molar-refractivity contribution in [2.24, 2.45) is 0 Å². The van der Waals surface area contributed by atoms with Crippen LogP contribution in [0.1, 0.15) is 37.8 Å². The molecule has 1 amide bonds. The minimum absolute atomic E-state index is 0.100. The maximum Gasteiger partial charge on any atom is 0.260 e. The Hall–Kier alpha value is -2.60. The average molecular weight is 400 g/mol. The van der Waals surface area contributed by atoms with Gasteiger partial charge in [-0.05, 0) is 74.8 Å². The molecule has 2 aromatic carbocycles. The molecule has 5 nitrogen and oxygen atoms in total. The summed E-state index contributed by atoms with van der Waals surface area (Å²) in [7, 11) is 1.65. The van der Waals surface area contributed by atoms with Gasteiger partial charge < -0.3 is 14.8 Å². The van der Waals surface area contributed by atoms with E-state index in [4.69, 9.17) is 9.47 Å². The lowest BCUT2D eigenvalue weighted by Crippen LogP contribution is -2.43. The number of hydrogen-bond acceptors (Lipinski definition) is 4. The fourth-order valence-corrected chi connectivity index (χ4v) is 3.63. The summed E-state index contributed by atoms with van der Waals surface area (Å²) in [6, 6.07) is 13.8. The number of carbonyl (C=O) groups excluding carboxylic acids is 1. The number of halogens is 1. The highest BCUT2D eigenvalue weighted by atomic mass is 19.1. The van der Waals surface area contributed by atoms with E-state index in [2.05, 4.69) is 22.3 Å². The number of hydrogen-bond donors (Lipinski definition) is 1. The van der Waals surface area contributed by atoms with Crippen molar-refractivity contribution in [2.75, 3.05) is 26.7 Å². The van der Waals surface area contributed by atoms with Crippen LogP contribution in [0.4, 0.5) is 4.39 Å². The van der Waals surface area contributed by atoms with Gasteiger partial charge in [0.1, 0.15) is 17.3 Å². The highest BCUT2D eigenvalue weighted by Gasteiger charge is 2.24. The number of nitrogens with one attached hydrogen (secondary N) is 1. The van der Waals surface area contributed by atoms with Crippen molar-refractivity contribution in [1.29, 1.82) is 0 Å². The van der Waals surface area contributed by atoms with E-state index < -0.39 is 6.10 Å². The Labute approximate surface area is 171 Å². The fraction of sp³-hybridized carbons (Fsp3) is 0.435. The summed E-state index contributed by atoms with van der Waals surface area (Å²) >= 11 is 0. The van der Waals surface area contributed by atoms with Gasteiger partial charge in [0, 0.05) is 6.54 Å². The summed E-state index contributed by atoms with van der Waals surface area (Å²) in [6.45, 7) is 4.24. The van der Waals surface area contributed by atoms with Gasteiger partial charge in [0.25, 0.3) is 5.91 Å². The summed E-state index contributed by atoms with van der Waals surface area (Å²) in [5, 5.41) is 3.03. The molecule has 0 bridgehead atoms. The Balaban J connectivity index is 1.63. The lowest BCUT2D eigenvalue weighted by molar-refractivity contribution is -0.127. The molecule has 0 spiro atoms. The number of carbonyl (C=O) groups is 1. The molecule has 1 heterocycles. The molecule has 1 aliphatic heterocycles. The number of benzene rings is 2. The van der Waals surface area contributed by atoms with Crippen LogP contribution in [0.5, 0.6) is 11.5 Å². The number of amides is 1. The second kappa shape index (κ2) is 10.3. The van der Waals surface area contributed by atoms with Crippen LogP contribution in [-0.2, 0) is 4.79 Å². The highest BCUT2D eigenvalue weighted by Crippen LogP contribution is 2.26. The van der Waals surface area contributed by atoms with Crippen LogP contribution in [0.2, 0.25) is 0 Å². The zero-order valence-electron chi connectivity index (χ0n) is 17.1. The molecule has 2 atom stereocenters. The van der Waals surface area contributed by atoms with Crippen molar-refractivity contribution in [3.63, 3.8) is 0 Å². The predicted octanol–water partition coefficient (Wildman–Crippen LogP) is 3.95. The largest absolute Gasteiger partial charge is 0.497 e. The quantitative estimate of drug-likeness (QED) is 0.729. The summed E-state index contributed by atoms with van der Waals surface area (Å²) in [4.78, 5) is 15.0. The van der Waals surface area contributed by atoms with E-state index >= 15 is 0 Å². The number of likely N-dealkylation sites (tertiary alicyclic amines) is 1. The zero-order valence-corrected chi connectivity index (χ0v) is 17.1. The molecule has 0 aromatic heterocycles. The molecule has 0 unspecified atom stereocenters. The fourth-order valence-electron chi connectivity index (χ4n) is 3.63. The van der Waals surface area contributed by atoms with E-state index in [-0.39, 0.29) is 17.8 Å². The van der Waals surface area contributed by atoms with E-state index in [9.17, 15) is 9.18 Å². The molecule has 0 radical (unpaired) electrons. The normalized spacial score (nSPS) is 16.7. The van der Waals surface area contributed by atoms with Gasteiger partial charge >= 0.3 is 0 Å². The molecule has 0 saturated carbocycles. The third kappa shape index (κ3) is 5.94. The van der Waals surface area contributed by atoms with Crippen LogP contribution in [0.25, 0.3) is 0 Å². The SMILES string of the molecule is COc1ccc([C@H](CNC(=O)[C@H](C)Oc2ccc(F)cc2)N2CCCCC2)cc1. The van der Waals surface area contributed by atoms with Crippen LogP contribution in [0.3, 0.4) is 0 Å². The molecule has 1 fully saturated rings. The molecule has 6 heteroatoms. The smallest absolute Gasteiger partial charge is 0.260 e. The summed E-state index contributed by atoms with van der Waals surface area (Å²) in [6.07, 6.45) is 2.93. The topological polar surface area (TPSA) is 50.8 Å². The first kappa shape index (κ1) is 21.1. The predicted molar refractivity (Wildman–Crippen MR) is 111 cm³/mol. The van der Waals surface area contributed by atoms with Crippen molar-refractivity contribution >= 4 is 5.91 Å². The van der Waals surface area contributed by atoms with Crippen molar-refractivity contribution in [3.8, 4) is 11.5 Å². The maximum absolute atomic E-state index is 13.0. The maximum atomic E-state index is 13.0. The van der Waals surface area contributed by atoms with E-state index in [1.54, 1.807) is 14.0 Å². The summed E-state index contributed by atoms with van der Waals surface area (Å²) < 4.78 is 23.9. The number of rotatable bonds is 8. The van der Waals surface area contributed by atoms with Gasteiger partial charge in [0.05, 0.1) is 13.2 Å². The summed E-state index contributed by atoms with van der Waals surface area (Å²) in [5.41, 5.74) is 1.15. The van der Waals surface area contributed by atoms with Gasteiger partial charge in [-0.15, -0.1) is 0 Å². The monoisotopic (exact) mass is 400 g/mol. The van der Waals surface area contributed by atoms with Crippen LogP contribution < -0.4 is 14.8 Å². The average Bonchev–Trinajstić information content (AvgIpc) is 2.76. The van der Waals surface area contributed by atoms with E-state index in [1.807, 2.05) is 12.1 Å². The molecule has 3 rings (SSSR count). The van der Waals surface area contributed by atoms with Crippen LogP contribution in [0.15, 0.2) is 48.5 Å². The third-order valence-electron chi connectivity index (χ3n) is 5.30. The second-order valence-electron chi connectivity index (χ2n) is 7.34. The second-order valence-corrected chi connectivity index (χ2v) is 7.34. The van der Waals surface area contributed by atoms with Crippen molar-refractivity contribution < 1.29 is 18.7 Å². The Morgan fingerprint density at radius 3 is 2.28 bits per heavy atom. The van der Waals surface area contributed by atoms with Crippen molar-refractivity contribution in [3.05, 3.63) is 59.9 Å². The molecular weight excluding hydrogens is 371 g/mol. The number of nitrogens with zero attached hydrogens (tertiary/aromatic N) is 1. The number of methoxy groups -OCH3 is 1. The first-order valence-electron chi connectivity index (χ1n) is 10.1.